The standard InChI is InChI=1S/C17H21N7O/c1-12(14-6-4-7-15(10-14)24-9-5-8-19-24)20-17(25)21-13(2)16-22-18-11-23(16)3/h4-13H,1-3H3,(H2,20,21,25)/t12-,13-/m1/s1. The van der Waals surface area contributed by atoms with Gasteiger partial charge in [0.2, 0.25) is 0 Å². The van der Waals surface area contributed by atoms with Crippen molar-refractivity contribution in [3.05, 3.63) is 60.4 Å². The molecule has 0 aliphatic rings. The monoisotopic (exact) mass is 339 g/mol. The highest BCUT2D eigenvalue weighted by Gasteiger charge is 2.16. The third-order valence-electron chi connectivity index (χ3n) is 3.97. The molecule has 0 aliphatic heterocycles. The van der Waals surface area contributed by atoms with E-state index in [9.17, 15) is 4.79 Å². The molecule has 2 N–H and O–H groups in total. The highest BCUT2D eigenvalue weighted by atomic mass is 16.2. The Labute approximate surface area is 145 Å². The van der Waals surface area contributed by atoms with E-state index < -0.39 is 0 Å². The number of benzene rings is 1. The number of carbonyl (C=O) groups is 1. The van der Waals surface area contributed by atoms with Crippen molar-refractivity contribution in [1.29, 1.82) is 0 Å². The Balaban J connectivity index is 1.64. The van der Waals surface area contributed by atoms with Crippen LogP contribution >= 0.6 is 0 Å². The number of rotatable bonds is 5. The van der Waals surface area contributed by atoms with Crippen LogP contribution in [0.3, 0.4) is 0 Å². The fourth-order valence-corrected chi connectivity index (χ4v) is 2.63. The molecule has 8 heteroatoms. The minimum atomic E-state index is -0.257. The van der Waals surface area contributed by atoms with Gasteiger partial charge in [-0.3, -0.25) is 0 Å². The summed E-state index contributed by atoms with van der Waals surface area (Å²) in [6.45, 7) is 3.81. The Bertz CT molecular complexity index is 840. The number of amides is 2. The van der Waals surface area contributed by atoms with Gasteiger partial charge in [-0.05, 0) is 37.6 Å². The maximum absolute atomic E-state index is 12.3. The topological polar surface area (TPSA) is 89.7 Å². The summed E-state index contributed by atoms with van der Waals surface area (Å²) < 4.78 is 3.56. The van der Waals surface area contributed by atoms with Crippen LogP contribution in [0.25, 0.3) is 5.69 Å². The number of hydrogen-bond donors (Lipinski definition) is 2. The highest BCUT2D eigenvalue weighted by molar-refractivity contribution is 5.74. The fraction of sp³-hybridized carbons (Fsp3) is 0.294. The zero-order valence-corrected chi connectivity index (χ0v) is 14.4. The maximum atomic E-state index is 12.3. The van der Waals surface area contributed by atoms with Crippen molar-refractivity contribution in [2.45, 2.75) is 25.9 Å². The maximum Gasteiger partial charge on any atom is 0.315 e. The van der Waals surface area contributed by atoms with Gasteiger partial charge in [0.1, 0.15) is 6.33 Å². The number of aromatic nitrogens is 5. The van der Waals surface area contributed by atoms with Gasteiger partial charge >= 0.3 is 6.03 Å². The smallest absolute Gasteiger partial charge is 0.315 e. The third kappa shape index (κ3) is 3.85. The lowest BCUT2D eigenvalue weighted by Gasteiger charge is -2.18. The molecular formula is C17H21N7O. The minimum absolute atomic E-state index is 0.151. The van der Waals surface area contributed by atoms with Gasteiger partial charge in [0, 0.05) is 19.4 Å². The number of urea groups is 1. The zero-order chi connectivity index (χ0) is 17.8. The lowest BCUT2D eigenvalue weighted by atomic mass is 10.1. The third-order valence-corrected chi connectivity index (χ3v) is 3.97. The predicted octanol–water partition coefficient (Wildman–Crippen LogP) is 2.12. The van der Waals surface area contributed by atoms with Gasteiger partial charge in [-0.15, -0.1) is 10.2 Å². The molecule has 0 aliphatic carbocycles. The van der Waals surface area contributed by atoms with Gasteiger partial charge in [0.05, 0.1) is 17.8 Å². The number of nitrogens with zero attached hydrogens (tertiary/aromatic N) is 5. The summed E-state index contributed by atoms with van der Waals surface area (Å²) in [5.41, 5.74) is 1.94. The van der Waals surface area contributed by atoms with Gasteiger partial charge < -0.3 is 15.2 Å². The van der Waals surface area contributed by atoms with Crippen molar-refractivity contribution in [3.8, 4) is 5.69 Å². The molecule has 0 bridgehead atoms. The largest absolute Gasteiger partial charge is 0.332 e. The van der Waals surface area contributed by atoms with Crippen LogP contribution in [-0.2, 0) is 7.05 Å². The molecule has 0 saturated carbocycles. The molecule has 2 aromatic heterocycles. The normalized spacial score (nSPS) is 13.2. The van der Waals surface area contributed by atoms with Crippen molar-refractivity contribution in [1.82, 2.24) is 35.2 Å². The van der Waals surface area contributed by atoms with Gasteiger partial charge in [-0.2, -0.15) is 5.10 Å². The Hall–Kier alpha value is -3.16. The highest BCUT2D eigenvalue weighted by Crippen LogP contribution is 2.16. The SMILES string of the molecule is C[C@@H](NC(=O)N[C@H](C)c1nncn1C)c1cccc(-n2cccn2)c1. The Kier molecular flexibility index (Phi) is 4.78. The van der Waals surface area contributed by atoms with Crippen LogP contribution in [0.2, 0.25) is 0 Å². The first kappa shape index (κ1) is 16.7. The van der Waals surface area contributed by atoms with E-state index in [0.29, 0.717) is 5.82 Å². The summed E-state index contributed by atoms with van der Waals surface area (Å²) in [7, 11) is 1.84. The van der Waals surface area contributed by atoms with E-state index in [4.69, 9.17) is 0 Å². The molecule has 3 aromatic rings. The summed E-state index contributed by atoms with van der Waals surface area (Å²) in [5.74, 6) is 0.698. The van der Waals surface area contributed by atoms with E-state index in [1.807, 2.05) is 57.4 Å². The van der Waals surface area contributed by atoms with E-state index in [1.165, 1.54) is 0 Å². The van der Waals surface area contributed by atoms with Crippen molar-refractivity contribution in [2.24, 2.45) is 7.05 Å². The van der Waals surface area contributed by atoms with E-state index in [0.717, 1.165) is 11.3 Å². The quantitative estimate of drug-likeness (QED) is 0.745. The average molecular weight is 339 g/mol. The molecule has 130 valence electrons. The van der Waals surface area contributed by atoms with Crippen molar-refractivity contribution in [3.63, 3.8) is 0 Å². The molecular weight excluding hydrogens is 318 g/mol. The molecule has 0 spiro atoms. The lowest BCUT2D eigenvalue weighted by molar-refractivity contribution is 0.234. The molecule has 2 amide bonds. The molecule has 0 saturated heterocycles. The van der Waals surface area contributed by atoms with Crippen LogP contribution in [0, 0.1) is 0 Å². The van der Waals surface area contributed by atoms with E-state index in [-0.39, 0.29) is 18.1 Å². The number of carbonyl (C=O) groups excluding carboxylic acids is 1. The summed E-state index contributed by atoms with van der Waals surface area (Å²) in [6.07, 6.45) is 5.22. The van der Waals surface area contributed by atoms with Gasteiger partial charge in [0.25, 0.3) is 0 Å². The first-order chi connectivity index (χ1) is 12.0. The van der Waals surface area contributed by atoms with Gasteiger partial charge in [-0.25, -0.2) is 9.48 Å². The fourth-order valence-electron chi connectivity index (χ4n) is 2.63. The van der Waals surface area contributed by atoms with Gasteiger partial charge in [-0.1, -0.05) is 12.1 Å². The van der Waals surface area contributed by atoms with Crippen LogP contribution < -0.4 is 10.6 Å². The second-order valence-corrected chi connectivity index (χ2v) is 5.91. The van der Waals surface area contributed by atoms with Crippen LogP contribution in [-0.4, -0.2) is 30.6 Å². The van der Waals surface area contributed by atoms with E-state index in [1.54, 1.807) is 21.8 Å². The molecule has 2 atom stereocenters. The Morgan fingerprint density at radius 2 is 1.96 bits per heavy atom. The summed E-state index contributed by atoms with van der Waals surface area (Å²) >= 11 is 0. The summed E-state index contributed by atoms with van der Waals surface area (Å²) in [4.78, 5) is 12.3. The minimum Gasteiger partial charge on any atom is -0.332 e. The first-order valence-corrected chi connectivity index (χ1v) is 8.05. The number of nitrogens with one attached hydrogen (secondary N) is 2. The second kappa shape index (κ2) is 7.16. The Morgan fingerprint density at radius 1 is 1.16 bits per heavy atom. The molecule has 2 heterocycles. The van der Waals surface area contributed by atoms with Crippen molar-refractivity contribution >= 4 is 6.03 Å². The molecule has 3 rings (SSSR count). The summed E-state index contributed by atoms with van der Waals surface area (Å²) in [5, 5.41) is 17.9. The van der Waals surface area contributed by atoms with E-state index in [2.05, 4.69) is 25.9 Å². The molecule has 0 fully saturated rings. The van der Waals surface area contributed by atoms with Crippen LogP contribution in [0.15, 0.2) is 49.1 Å². The molecule has 25 heavy (non-hydrogen) atoms. The van der Waals surface area contributed by atoms with Crippen molar-refractivity contribution < 1.29 is 4.79 Å². The van der Waals surface area contributed by atoms with Crippen LogP contribution in [0.1, 0.15) is 37.3 Å². The van der Waals surface area contributed by atoms with Crippen LogP contribution in [0.4, 0.5) is 4.79 Å². The first-order valence-electron chi connectivity index (χ1n) is 8.05. The predicted molar refractivity (Wildman–Crippen MR) is 93.1 cm³/mol. The molecule has 8 nitrogen and oxygen atoms in total. The number of aryl methyl sites for hydroxylation is 1. The molecule has 0 radical (unpaired) electrons. The van der Waals surface area contributed by atoms with Crippen LogP contribution in [0.5, 0.6) is 0 Å². The van der Waals surface area contributed by atoms with Gasteiger partial charge in [0.15, 0.2) is 5.82 Å². The average Bonchev–Trinajstić information content (AvgIpc) is 3.26. The zero-order valence-electron chi connectivity index (χ0n) is 14.4. The van der Waals surface area contributed by atoms with Crippen molar-refractivity contribution in [2.75, 3.05) is 0 Å². The number of hydrogen-bond acceptors (Lipinski definition) is 4. The molecule has 0 unspecified atom stereocenters. The summed E-state index contributed by atoms with van der Waals surface area (Å²) in [6, 6.07) is 9.12. The molecule has 1 aromatic carbocycles. The second-order valence-electron chi connectivity index (χ2n) is 5.91. The Morgan fingerprint density at radius 3 is 2.64 bits per heavy atom. The van der Waals surface area contributed by atoms with E-state index >= 15 is 0 Å². The lowest BCUT2D eigenvalue weighted by Crippen LogP contribution is -2.39.